The van der Waals surface area contributed by atoms with Gasteiger partial charge in [0.25, 0.3) is 0 Å². The molecule has 0 heterocycles. The van der Waals surface area contributed by atoms with E-state index < -0.39 is 10.0 Å². The number of nitrogens with one attached hydrogen (secondary N) is 1. The minimum Gasteiger partial charge on any atom is -0.352 e. The Balaban J connectivity index is 1.97. The van der Waals surface area contributed by atoms with Gasteiger partial charge in [0, 0.05) is 19.5 Å². The maximum Gasteiger partial charge on any atom is 0.232 e. The normalized spacial score (nSPS) is 11.2. The molecule has 2 aromatic carbocycles. The molecule has 0 saturated heterocycles. The van der Waals surface area contributed by atoms with E-state index in [0.29, 0.717) is 17.3 Å². The summed E-state index contributed by atoms with van der Waals surface area (Å²) in [6.45, 7) is 2.43. The number of benzene rings is 2. The van der Waals surface area contributed by atoms with E-state index in [1.54, 1.807) is 24.3 Å². The van der Waals surface area contributed by atoms with Gasteiger partial charge in [-0.15, -0.1) is 0 Å². The van der Waals surface area contributed by atoms with Gasteiger partial charge in [-0.05, 0) is 24.6 Å². The molecular weight excluding hydrogens is 360 g/mol. The topological polar surface area (TPSA) is 66.5 Å². The highest BCUT2D eigenvalue weighted by molar-refractivity contribution is 7.92. The molecule has 5 nitrogen and oxygen atoms in total. The number of hydrogen-bond donors (Lipinski definition) is 1. The molecule has 1 amide bonds. The van der Waals surface area contributed by atoms with Gasteiger partial charge >= 0.3 is 0 Å². The van der Waals surface area contributed by atoms with E-state index in [1.807, 2.05) is 31.2 Å². The number of carbonyl (C=O) groups is 1. The number of para-hydroxylation sites is 1. The molecule has 1 N–H and O–H groups in total. The molecule has 25 heavy (non-hydrogen) atoms. The largest absolute Gasteiger partial charge is 0.352 e. The second-order valence-corrected chi connectivity index (χ2v) is 8.11. The van der Waals surface area contributed by atoms with Crippen molar-refractivity contribution in [3.05, 3.63) is 64.7 Å². The second-order valence-electron chi connectivity index (χ2n) is 5.80. The zero-order valence-electron chi connectivity index (χ0n) is 14.2. The lowest BCUT2D eigenvalue weighted by molar-refractivity contribution is -0.121. The van der Waals surface area contributed by atoms with Crippen LogP contribution in [0.25, 0.3) is 0 Å². The first-order chi connectivity index (χ1) is 11.8. The van der Waals surface area contributed by atoms with Gasteiger partial charge in [-0.3, -0.25) is 9.10 Å². The quantitative estimate of drug-likeness (QED) is 0.802. The molecule has 0 aromatic heterocycles. The Morgan fingerprint density at radius 2 is 1.76 bits per heavy atom. The number of aryl methyl sites for hydroxylation is 1. The van der Waals surface area contributed by atoms with Gasteiger partial charge in [-0.1, -0.05) is 53.6 Å². The Bertz CT molecular complexity index is 836. The standard InChI is InChI=1S/C18H21ClN2O3S/c1-14-7-9-15(10-8-14)13-20-18(22)11-12-21(25(2,23)24)17-6-4-3-5-16(17)19/h3-10H,11-13H2,1-2H3,(H,20,22). The first-order valence-corrected chi connectivity index (χ1v) is 10.0. The van der Waals surface area contributed by atoms with Crippen molar-refractivity contribution in [1.29, 1.82) is 0 Å². The van der Waals surface area contributed by atoms with Crippen LogP contribution >= 0.6 is 11.6 Å². The van der Waals surface area contributed by atoms with Gasteiger partial charge in [-0.25, -0.2) is 8.42 Å². The molecule has 7 heteroatoms. The maximum absolute atomic E-state index is 12.1. The number of halogens is 1. The smallest absolute Gasteiger partial charge is 0.232 e. The van der Waals surface area contributed by atoms with Gasteiger partial charge in [0.05, 0.1) is 17.0 Å². The second kappa shape index (κ2) is 8.36. The molecule has 2 aromatic rings. The number of nitrogens with zero attached hydrogens (tertiary/aromatic N) is 1. The third-order valence-corrected chi connectivity index (χ3v) is 5.17. The lowest BCUT2D eigenvalue weighted by Gasteiger charge is -2.23. The molecule has 0 aliphatic heterocycles. The summed E-state index contributed by atoms with van der Waals surface area (Å²) in [6, 6.07) is 14.5. The average molecular weight is 381 g/mol. The first kappa shape index (κ1) is 19.3. The average Bonchev–Trinajstić information content (AvgIpc) is 2.55. The SMILES string of the molecule is Cc1ccc(CNC(=O)CCN(c2ccccc2Cl)S(C)(=O)=O)cc1. The van der Waals surface area contributed by atoms with Crippen LogP contribution in [0.4, 0.5) is 5.69 Å². The maximum atomic E-state index is 12.1. The molecular formula is C18H21ClN2O3S. The fourth-order valence-corrected chi connectivity index (χ4v) is 3.54. The molecule has 0 unspecified atom stereocenters. The fourth-order valence-electron chi connectivity index (χ4n) is 2.32. The van der Waals surface area contributed by atoms with Crippen LogP contribution in [-0.4, -0.2) is 27.1 Å². The summed E-state index contributed by atoms with van der Waals surface area (Å²) in [5, 5.41) is 3.12. The zero-order valence-corrected chi connectivity index (χ0v) is 15.8. The predicted molar refractivity (Wildman–Crippen MR) is 101 cm³/mol. The van der Waals surface area contributed by atoms with E-state index in [4.69, 9.17) is 11.6 Å². The monoisotopic (exact) mass is 380 g/mol. The van der Waals surface area contributed by atoms with Crippen LogP contribution in [0.2, 0.25) is 5.02 Å². The summed E-state index contributed by atoms with van der Waals surface area (Å²) in [4.78, 5) is 12.1. The Kier molecular flexibility index (Phi) is 6.45. The molecule has 0 aliphatic rings. The summed E-state index contributed by atoms with van der Waals surface area (Å²) in [5.41, 5.74) is 2.52. The van der Waals surface area contributed by atoms with Crippen molar-refractivity contribution in [3.8, 4) is 0 Å². The first-order valence-electron chi connectivity index (χ1n) is 7.82. The summed E-state index contributed by atoms with van der Waals surface area (Å²) in [7, 11) is -3.54. The highest BCUT2D eigenvalue weighted by Crippen LogP contribution is 2.27. The van der Waals surface area contributed by atoms with Crippen LogP contribution < -0.4 is 9.62 Å². The molecule has 0 bridgehead atoms. The summed E-state index contributed by atoms with van der Waals surface area (Å²) in [5.74, 6) is -0.221. The van der Waals surface area contributed by atoms with Crippen molar-refractivity contribution in [1.82, 2.24) is 5.32 Å². The van der Waals surface area contributed by atoms with E-state index in [-0.39, 0.29) is 18.9 Å². The molecule has 0 atom stereocenters. The predicted octanol–water partition coefficient (Wildman–Crippen LogP) is 3.12. The number of carbonyl (C=O) groups excluding carboxylic acids is 1. The van der Waals surface area contributed by atoms with E-state index in [9.17, 15) is 13.2 Å². The molecule has 0 radical (unpaired) electrons. The zero-order chi connectivity index (χ0) is 18.4. The van der Waals surface area contributed by atoms with E-state index in [2.05, 4.69) is 5.32 Å². The number of hydrogen-bond acceptors (Lipinski definition) is 3. The van der Waals surface area contributed by atoms with Crippen LogP contribution in [0, 0.1) is 6.92 Å². The third-order valence-electron chi connectivity index (χ3n) is 3.67. The lowest BCUT2D eigenvalue weighted by atomic mass is 10.1. The molecule has 0 spiro atoms. The Labute approximate surface area is 153 Å². The van der Waals surface area contributed by atoms with Crippen LogP contribution in [0.1, 0.15) is 17.5 Å². The molecule has 0 saturated carbocycles. The van der Waals surface area contributed by atoms with Gasteiger partial charge in [0.2, 0.25) is 15.9 Å². The Hall–Kier alpha value is -2.05. The minimum absolute atomic E-state index is 0.0301. The van der Waals surface area contributed by atoms with Gasteiger partial charge in [0.15, 0.2) is 0 Å². The van der Waals surface area contributed by atoms with Crippen LogP contribution in [-0.2, 0) is 21.4 Å². The number of anilines is 1. The number of rotatable bonds is 7. The summed E-state index contributed by atoms with van der Waals surface area (Å²) >= 11 is 6.09. The highest BCUT2D eigenvalue weighted by atomic mass is 35.5. The van der Waals surface area contributed by atoms with Crippen molar-refractivity contribution in [2.75, 3.05) is 17.1 Å². The van der Waals surface area contributed by atoms with Gasteiger partial charge < -0.3 is 5.32 Å². The number of sulfonamides is 1. The molecule has 0 aliphatic carbocycles. The van der Waals surface area contributed by atoms with Crippen molar-refractivity contribution >= 4 is 33.2 Å². The minimum atomic E-state index is -3.54. The summed E-state index contributed by atoms with van der Waals surface area (Å²) in [6.07, 6.45) is 1.14. The van der Waals surface area contributed by atoms with Crippen molar-refractivity contribution in [2.24, 2.45) is 0 Å². The Morgan fingerprint density at radius 3 is 2.36 bits per heavy atom. The van der Waals surface area contributed by atoms with Crippen molar-refractivity contribution in [2.45, 2.75) is 19.9 Å². The molecule has 0 fully saturated rings. The van der Waals surface area contributed by atoms with E-state index in [0.717, 1.165) is 21.7 Å². The van der Waals surface area contributed by atoms with Crippen molar-refractivity contribution < 1.29 is 13.2 Å². The van der Waals surface area contributed by atoms with Crippen LogP contribution in [0.15, 0.2) is 48.5 Å². The van der Waals surface area contributed by atoms with E-state index in [1.165, 1.54) is 0 Å². The van der Waals surface area contributed by atoms with Crippen LogP contribution in [0.5, 0.6) is 0 Å². The summed E-state index contributed by atoms with van der Waals surface area (Å²) < 4.78 is 25.2. The fraction of sp³-hybridized carbons (Fsp3) is 0.278. The molecule has 134 valence electrons. The van der Waals surface area contributed by atoms with E-state index >= 15 is 0 Å². The van der Waals surface area contributed by atoms with Crippen LogP contribution in [0.3, 0.4) is 0 Å². The number of amides is 1. The Morgan fingerprint density at radius 1 is 1.12 bits per heavy atom. The van der Waals surface area contributed by atoms with Crippen molar-refractivity contribution in [3.63, 3.8) is 0 Å². The third kappa shape index (κ3) is 5.76. The highest BCUT2D eigenvalue weighted by Gasteiger charge is 2.20. The van der Waals surface area contributed by atoms with Gasteiger partial charge in [-0.2, -0.15) is 0 Å². The van der Waals surface area contributed by atoms with Gasteiger partial charge in [0.1, 0.15) is 0 Å². The molecule has 2 rings (SSSR count). The lowest BCUT2D eigenvalue weighted by Crippen LogP contribution is -2.34.